The summed E-state index contributed by atoms with van der Waals surface area (Å²) in [5.74, 6) is 1.05. The second kappa shape index (κ2) is 5.83. The van der Waals surface area contributed by atoms with Gasteiger partial charge in [0.25, 0.3) is 5.91 Å². The van der Waals surface area contributed by atoms with Crippen molar-refractivity contribution >= 4 is 5.91 Å². The Kier molecular flexibility index (Phi) is 3.65. The van der Waals surface area contributed by atoms with E-state index in [4.69, 9.17) is 14.2 Å². The first-order chi connectivity index (χ1) is 11.8. The van der Waals surface area contributed by atoms with Gasteiger partial charge < -0.3 is 19.1 Å². The molecule has 0 saturated carbocycles. The molecule has 2 heterocycles. The van der Waals surface area contributed by atoms with Crippen molar-refractivity contribution in [2.24, 2.45) is 0 Å². The minimum absolute atomic E-state index is 0.0185. The maximum atomic E-state index is 13.0. The molecule has 2 aromatic rings. The van der Waals surface area contributed by atoms with Gasteiger partial charge in [-0.1, -0.05) is 36.4 Å². The number of amides is 1. The number of hydrogen-bond donors (Lipinski definition) is 0. The van der Waals surface area contributed by atoms with E-state index in [-0.39, 0.29) is 18.1 Å². The largest absolute Gasteiger partial charge is 0.493 e. The first kappa shape index (κ1) is 15.0. The lowest BCUT2D eigenvalue weighted by molar-refractivity contribution is -0.0570. The molecule has 2 atom stereocenters. The van der Waals surface area contributed by atoms with Gasteiger partial charge in [0.05, 0.1) is 32.4 Å². The smallest absolute Gasteiger partial charge is 0.258 e. The van der Waals surface area contributed by atoms with E-state index in [9.17, 15) is 4.79 Å². The van der Waals surface area contributed by atoms with E-state index in [2.05, 4.69) is 0 Å². The van der Waals surface area contributed by atoms with Crippen molar-refractivity contribution in [1.29, 1.82) is 0 Å². The molecule has 1 saturated heterocycles. The molecule has 0 radical (unpaired) electrons. The van der Waals surface area contributed by atoms with E-state index in [0.717, 1.165) is 11.1 Å². The van der Waals surface area contributed by atoms with Crippen LogP contribution in [0.1, 0.15) is 33.6 Å². The molecule has 1 fully saturated rings. The molecular formula is C19H19NO4. The van der Waals surface area contributed by atoms with Gasteiger partial charge in [-0.25, -0.2) is 0 Å². The number of nitrogens with zero attached hydrogens (tertiary/aromatic N) is 1. The van der Waals surface area contributed by atoms with Crippen LogP contribution in [0.2, 0.25) is 0 Å². The molecule has 0 spiro atoms. The third-order valence-corrected chi connectivity index (χ3v) is 4.75. The first-order valence-corrected chi connectivity index (χ1v) is 7.98. The number of hydrogen-bond acceptors (Lipinski definition) is 4. The Hall–Kier alpha value is -2.53. The zero-order valence-corrected chi connectivity index (χ0v) is 13.7. The Balaban J connectivity index is 1.86. The molecule has 0 unspecified atom stereocenters. The first-order valence-electron chi connectivity index (χ1n) is 7.98. The monoisotopic (exact) mass is 325 g/mol. The van der Waals surface area contributed by atoms with Crippen LogP contribution in [-0.2, 0) is 4.74 Å². The third-order valence-electron chi connectivity index (χ3n) is 4.75. The molecule has 24 heavy (non-hydrogen) atoms. The Morgan fingerprint density at radius 1 is 1.08 bits per heavy atom. The molecule has 5 heteroatoms. The highest BCUT2D eigenvalue weighted by Gasteiger charge is 2.46. The highest BCUT2D eigenvalue weighted by atomic mass is 16.5. The van der Waals surface area contributed by atoms with Crippen LogP contribution < -0.4 is 9.47 Å². The van der Waals surface area contributed by atoms with Crippen LogP contribution in [0.25, 0.3) is 0 Å². The summed E-state index contributed by atoms with van der Waals surface area (Å²) in [6.45, 7) is 1.10. The second-order valence-electron chi connectivity index (χ2n) is 5.91. The zero-order chi connectivity index (χ0) is 16.7. The minimum atomic E-state index is -0.178. The van der Waals surface area contributed by atoms with Crippen LogP contribution >= 0.6 is 0 Å². The molecule has 0 bridgehead atoms. The van der Waals surface area contributed by atoms with E-state index >= 15 is 0 Å². The minimum Gasteiger partial charge on any atom is -0.493 e. The number of benzene rings is 2. The van der Waals surface area contributed by atoms with Crippen molar-refractivity contribution in [2.45, 2.75) is 12.1 Å². The highest BCUT2D eigenvalue weighted by Crippen LogP contribution is 2.50. The van der Waals surface area contributed by atoms with Crippen molar-refractivity contribution in [3.8, 4) is 11.5 Å². The Morgan fingerprint density at radius 2 is 1.88 bits per heavy atom. The number of carbonyl (C=O) groups is 1. The molecule has 2 aromatic carbocycles. The predicted molar refractivity (Wildman–Crippen MR) is 88.5 cm³/mol. The van der Waals surface area contributed by atoms with E-state index in [0.29, 0.717) is 30.2 Å². The Morgan fingerprint density at radius 3 is 2.58 bits per heavy atom. The zero-order valence-electron chi connectivity index (χ0n) is 13.7. The SMILES string of the molecule is COc1ccc2c(c1OC)C(=O)N1CCO[C@H](c3ccccc3)[C@@H]21. The maximum Gasteiger partial charge on any atom is 0.258 e. The fourth-order valence-electron chi connectivity index (χ4n) is 3.70. The lowest BCUT2D eigenvalue weighted by Gasteiger charge is -2.37. The number of morpholine rings is 1. The third kappa shape index (κ3) is 2.08. The summed E-state index contributed by atoms with van der Waals surface area (Å²) in [5.41, 5.74) is 2.60. The highest BCUT2D eigenvalue weighted by molar-refractivity contribution is 6.02. The number of ether oxygens (including phenoxy) is 3. The van der Waals surface area contributed by atoms with Gasteiger partial charge in [0.15, 0.2) is 11.5 Å². The van der Waals surface area contributed by atoms with Crippen LogP contribution in [0, 0.1) is 0 Å². The quantitative estimate of drug-likeness (QED) is 0.870. The van der Waals surface area contributed by atoms with Crippen molar-refractivity contribution in [1.82, 2.24) is 4.90 Å². The van der Waals surface area contributed by atoms with E-state index in [1.165, 1.54) is 0 Å². The maximum absolute atomic E-state index is 13.0. The topological polar surface area (TPSA) is 48.0 Å². The average Bonchev–Trinajstić information content (AvgIpc) is 2.94. The molecule has 5 nitrogen and oxygen atoms in total. The van der Waals surface area contributed by atoms with Gasteiger partial charge in [0.2, 0.25) is 0 Å². The molecule has 0 N–H and O–H groups in total. The summed E-state index contributed by atoms with van der Waals surface area (Å²) in [6, 6.07) is 13.7. The van der Waals surface area contributed by atoms with Crippen molar-refractivity contribution < 1.29 is 19.0 Å². The van der Waals surface area contributed by atoms with Crippen LogP contribution in [-0.4, -0.2) is 38.2 Å². The van der Waals surface area contributed by atoms with Gasteiger partial charge in [-0.2, -0.15) is 0 Å². The lowest BCUT2D eigenvalue weighted by Crippen LogP contribution is -2.40. The molecule has 1 amide bonds. The van der Waals surface area contributed by atoms with Crippen molar-refractivity contribution in [3.05, 3.63) is 59.2 Å². The molecular weight excluding hydrogens is 306 g/mol. The summed E-state index contributed by atoms with van der Waals surface area (Å²) in [4.78, 5) is 14.9. The number of fused-ring (bicyclic) bond motifs is 3. The second-order valence-corrected chi connectivity index (χ2v) is 5.91. The number of carbonyl (C=O) groups excluding carboxylic acids is 1. The normalized spacial score (nSPS) is 22.1. The molecule has 4 rings (SSSR count). The summed E-state index contributed by atoms with van der Waals surface area (Å²) in [5, 5.41) is 0. The summed E-state index contributed by atoms with van der Waals surface area (Å²) >= 11 is 0. The number of rotatable bonds is 3. The van der Waals surface area contributed by atoms with Crippen LogP contribution in [0.5, 0.6) is 11.5 Å². The van der Waals surface area contributed by atoms with Gasteiger partial charge in [0, 0.05) is 6.54 Å². The fourth-order valence-corrected chi connectivity index (χ4v) is 3.70. The summed E-state index contributed by atoms with van der Waals surface area (Å²) in [6.07, 6.45) is -0.178. The van der Waals surface area contributed by atoms with E-state index < -0.39 is 0 Å². The Bertz CT molecular complexity index is 774. The lowest BCUT2D eigenvalue weighted by atomic mass is 9.94. The van der Waals surface area contributed by atoms with Crippen LogP contribution in [0.15, 0.2) is 42.5 Å². The van der Waals surface area contributed by atoms with Gasteiger partial charge >= 0.3 is 0 Å². The van der Waals surface area contributed by atoms with E-state index in [1.807, 2.05) is 47.4 Å². The molecule has 124 valence electrons. The van der Waals surface area contributed by atoms with Crippen molar-refractivity contribution in [2.75, 3.05) is 27.4 Å². The Labute approximate surface area is 140 Å². The summed E-state index contributed by atoms with van der Waals surface area (Å²) < 4.78 is 16.9. The predicted octanol–water partition coefficient (Wildman–Crippen LogP) is 2.97. The van der Waals surface area contributed by atoms with Crippen LogP contribution in [0.3, 0.4) is 0 Å². The van der Waals surface area contributed by atoms with Crippen LogP contribution in [0.4, 0.5) is 0 Å². The summed E-state index contributed by atoms with van der Waals surface area (Å²) in [7, 11) is 3.14. The molecule has 0 aliphatic carbocycles. The molecule has 2 aliphatic rings. The van der Waals surface area contributed by atoms with Gasteiger partial charge in [-0.05, 0) is 17.2 Å². The van der Waals surface area contributed by atoms with Gasteiger partial charge in [0.1, 0.15) is 6.10 Å². The molecule has 0 aromatic heterocycles. The number of methoxy groups -OCH3 is 2. The molecule has 2 aliphatic heterocycles. The van der Waals surface area contributed by atoms with Gasteiger partial charge in [-0.3, -0.25) is 4.79 Å². The van der Waals surface area contributed by atoms with Crippen molar-refractivity contribution in [3.63, 3.8) is 0 Å². The van der Waals surface area contributed by atoms with E-state index in [1.54, 1.807) is 14.2 Å². The fraction of sp³-hybridized carbons (Fsp3) is 0.316. The standard InChI is InChI=1S/C19H19NO4/c1-22-14-9-8-13-15(18(14)23-2)19(21)20-10-11-24-17(16(13)20)12-6-4-3-5-7-12/h3-9,16-17H,10-11H2,1-2H3/t16-,17-/m1/s1. The van der Waals surface area contributed by atoms with Gasteiger partial charge in [-0.15, -0.1) is 0 Å². The average molecular weight is 325 g/mol.